The highest BCUT2D eigenvalue weighted by Crippen LogP contribution is 2.63. The van der Waals surface area contributed by atoms with Gasteiger partial charge in [0.05, 0.1) is 5.41 Å². The Morgan fingerprint density at radius 2 is 0.898 bits per heavy atom. The highest BCUT2D eigenvalue weighted by molar-refractivity contribution is 5.96. The van der Waals surface area contributed by atoms with Crippen molar-refractivity contribution in [3.8, 4) is 44.5 Å². The highest BCUT2D eigenvalue weighted by atomic mass is 14.5. The first-order chi connectivity index (χ1) is 29.2. The van der Waals surface area contributed by atoms with Crippen molar-refractivity contribution < 1.29 is 0 Å². The summed E-state index contributed by atoms with van der Waals surface area (Å²) in [6.45, 7) is 6.25. The number of allylic oxidation sites excluding steroid dienone is 4. The van der Waals surface area contributed by atoms with Crippen LogP contribution in [0.15, 0.2) is 230 Å². The normalized spacial score (nSPS) is 14.7. The fourth-order valence-corrected chi connectivity index (χ4v) is 9.05. The lowest BCUT2D eigenvalue weighted by atomic mass is 9.70. The molecule has 0 nitrogen and oxygen atoms in total. The first-order valence-corrected chi connectivity index (χ1v) is 21.2. The molecule has 0 saturated carbocycles. The fraction of sp³-hybridized carbons (Fsp3) is 0.119. The van der Waals surface area contributed by atoms with E-state index in [-0.39, 0.29) is 5.41 Å². The SMILES string of the molecule is C1=CC(Cc2ccc(-c3ccccc3)cc2)=CCC1.CC.Cc1cccc2c1-c1ccccc1C21c2ccccc2-c2ccc(-c3ccccc3)cc21.c1ccccc1. The molecule has 0 heteroatoms. The number of fused-ring (bicyclic) bond motifs is 10. The number of hydrogen-bond acceptors (Lipinski definition) is 0. The molecule has 288 valence electrons. The molecule has 3 aliphatic carbocycles. The van der Waals surface area contributed by atoms with E-state index in [1.165, 1.54) is 96.3 Å². The summed E-state index contributed by atoms with van der Waals surface area (Å²) in [6, 6.07) is 74.1. The minimum atomic E-state index is -0.269. The molecule has 3 aliphatic rings. The van der Waals surface area contributed by atoms with E-state index in [1.807, 2.05) is 50.2 Å². The van der Waals surface area contributed by atoms with Crippen LogP contribution < -0.4 is 0 Å². The topological polar surface area (TPSA) is 0 Å². The van der Waals surface area contributed by atoms with Crippen LogP contribution in [-0.4, -0.2) is 0 Å². The summed E-state index contributed by atoms with van der Waals surface area (Å²) in [5.41, 5.74) is 20.1. The second-order valence-electron chi connectivity index (χ2n) is 15.1. The molecular weight excluding hydrogens is 709 g/mol. The molecule has 0 N–H and O–H groups in total. The third-order valence-electron chi connectivity index (χ3n) is 11.6. The summed E-state index contributed by atoms with van der Waals surface area (Å²) in [6.07, 6.45) is 10.3. The van der Waals surface area contributed by atoms with Gasteiger partial charge >= 0.3 is 0 Å². The molecule has 0 bridgehead atoms. The van der Waals surface area contributed by atoms with Crippen molar-refractivity contribution in [3.05, 3.63) is 263 Å². The lowest BCUT2D eigenvalue weighted by Crippen LogP contribution is -2.25. The first-order valence-electron chi connectivity index (χ1n) is 21.2. The summed E-state index contributed by atoms with van der Waals surface area (Å²) in [7, 11) is 0. The largest absolute Gasteiger partial charge is 0.0840 e. The van der Waals surface area contributed by atoms with Crippen LogP contribution >= 0.6 is 0 Å². The number of hydrogen-bond donors (Lipinski definition) is 0. The van der Waals surface area contributed by atoms with Gasteiger partial charge in [-0.1, -0.05) is 232 Å². The van der Waals surface area contributed by atoms with Crippen molar-refractivity contribution in [2.24, 2.45) is 0 Å². The molecule has 0 heterocycles. The minimum absolute atomic E-state index is 0.269. The molecular formula is C59H52. The average Bonchev–Trinajstić information content (AvgIpc) is 3.80. The quantitative estimate of drug-likeness (QED) is 0.168. The molecule has 11 rings (SSSR count). The predicted molar refractivity (Wildman–Crippen MR) is 253 cm³/mol. The summed E-state index contributed by atoms with van der Waals surface area (Å²) < 4.78 is 0. The van der Waals surface area contributed by atoms with Gasteiger partial charge in [-0.2, -0.15) is 0 Å². The summed E-state index contributed by atoms with van der Waals surface area (Å²) in [5, 5.41) is 0. The van der Waals surface area contributed by atoms with E-state index in [4.69, 9.17) is 0 Å². The van der Waals surface area contributed by atoms with E-state index in [1.54, 1.807) is 0 Å². The van der Waals surface area contributed by atoms with Crippen LogP contribution in [0.4, 0.5) is 0 Å². The highest BCUT2D eigenvalue weighted by Gasteiger charge is 2.51. The Morgan fingerprint density at radius 3 is 1.53 bits per heavy atom. The van der Waals surface area contributed by atoms with Crippen molar-refractivity contribution in [2.45, 2.75) is 45.4 Å². The van der Waals surface area contributed by atoms with E-state index < -0.39 is 0 Å². The summed E-state index contributed by atoms with van der Waals surface area (Å²) >= 11 is 0. The molecule has 0 aromatic heterocycles. The maximum Gasteiger partial charge on any atom is 0.0725 e. The van der Waals surface area contributed by atoms with E-state index >= 15 is 0 Å². The molecule has 0 amide bonds. The van der Waals surface area contributed by atoms with Crippen molar-refractivity contribution in [1.82, 2.24) is 0 Å². The van der Waals surface area contributed by atoms with Gasteiger partial charge in [0, 0.05) is 0 Å². The summed E-state index contributed by atoms with van der Waals surface area (Å²) in [4.78, 5) is 0. The maximum atomic E-state index is 2.44. The van der Waals surface area contributed by atoms with Gasteiger partial charge in [0.1, 0.15) is 0 Å². The molecule has 8 aromatic carbocycles. The van der Waals surface area contributed by atoms with Crippen LogP contribution in [0.3, 0.4) is 0 Å². The molecule has 0 saturated heterocycles. The zero-order chi connectivity index (χ0) is 40.4. The Balaban J connectivity index is 0.000000151. The Kier molecular flexibility index (Phi) is 12.1. The molecule has 0 fully saturated rings. The Hall–Kier alpha value is -6.76. The smallest absolute Gasteiger partial charge is 0.0725 e. The van der Waals surface area contributed by atoms with Gasteiger partial charge < -0.3 is 0 Å². The Morgan fingerprint density at radius 1 is 0.407 bits per heavy atom. The standard InChI is InChI=1S/C32H22.C19H18.C6H6.C2H6/c1-21-10-9-17-29-31(21)26-14-6-8-16-28(26)32(29)27-15-7-5-13-24(27)25-19-18-23(20-30(25)32)22-11-3-2-4-12-22;1-3-7-16(8-4-1)15-17-11-13-19(14-12-17)18-9-5-2-6-10-18;1-2-4-6-5-3-1;1-2/h2-20H,1H3;2-3,5-14H,1,4,15H2;1-6H;1-2H3. The third-order valence-corrected chi connectivity index (χ3v) is 11.6. The molecule has 1 atom stereocenters. The molecule has 1 unspecified atom stereocenters. The second-order valence-corrected chi connectivity index (χ2v) is 15.1. The third kappa shape index (κ3) is 7.80. The van der Waals surface area contributed by atoms with Crippen LogP contribution in [0.1, 0.15) is 60.1 Å². The van der Waals surface area contributed by atoms with Crippen LogP contribution in [0.5, 0.6) is 0 Å². The zero-order valence-electron chi connectivity index (χ0n) is 34.5. The van der Waals surface area contributed by atoms with Crippen molar-refractivity contribution >= 4 is 0 Å². The number of benzene rings is 8. The number of rotatable bonds is 4. The second kappa shape index (κ2) is 18.2. The first kappa shape index (κ1) is 39.1. The fourth-order valence-electron chi connectivity index (χ4n) is 9.05. The van der Waals surface area contributed by atoms with Crippen molar-refractivity contribution in [2.75, 3.05) is 0 Å². The van der Waals surface area contributed by atoms with Gasteiger partial charge in [-0.05, 0) is 116 Å². The van der Waals surface area contributed by atoms with Crippen LogP contribution in [0, 0.1) is 6.92 Å². The lowest BCUT2D eigenvalue weighted by Gasteiger charge is -2.30. The van der Waals surface area contributed by atoms with Crippen LogP contribution in [0.2, 0.25) is 0 Å². The van der Waals surface area contributed by atoms with Crippen LogP contribution in [0.25, 0.3) is 44.5 Å². The number of aryl methyl sites for hydroxylation is 1. The van der Waals surface area contributed by atoms with Crippen molar-refractivity contribution in [1.29, 1.82) is 0 Å². The summed E-state index contributed by atoms with van der Waals surface area (Å²) in [5.74, 6) is 0. The van der Waals surface area contributed by atoms with E-state index in [0.29, 0.717) is 0 Å². The maximum absolute atomic E-state index is 2.44. The van der Waals surface area contributed by atoms with Gasteiger partial charge in [-0.25, -0.2) is 0 Å². The van der Waals surface area contributed by atoms with Crippen molar-refractivity contribution in [3.63, 3.8) is 0 Å². The van der Waals surface area contributed by atoms with Gasteiger partial charge in [0.25, 0.3) is 0 Å². The Bertz CT molecular complexity index is 2650. The predicted octanol–water partition coefficient (Wildman–Crippen LogP) is 15.9. The molecule has 0 radical (unpaired) electrons. The monoisotopic (exact) mass is 760 g/mol. The van der Waals surface area contributed by atoms with Gasteiger partial charge in [0.2, 0.25) is 0 Å². The van der Waals surface area contributed by atoms with Gasteiger partial charge in [-0.15, -0.1) is 0 Å². The molecule has 59 heavy (non-hydrogen) atoms. The Labute approximate surface area is 351 Å². The van der Waals surface area contributed by atoms with Crippen LogP contribution in [-0.2, 0) is 11.8 Å². The van der Waals surface area contributed by atoms with E-state index in [0.717, 1.165) is 6.42 Å². The average molecular weight is 761 g/mol. The minimum Gasteiger partial charge on any atom is -0.0840 e. The van der Waals surface area contributed by atoms with E-state index in [2.05, 4.69) is 195 Å². The molecule has 8 aromatic rings. The molecule has 0 aliphatic heterocycles. The molecule has 1 spiro atoms. The zero-order valence-corrected chi connectivity index (χ0v) is 34.5. The van der Waals surface area contributed by atoms with Gasteiger partial charge in [-0.3, -0.25) is 0 Å². The lowest BCUT2D eigenvalue weighted by molar-refractivity contribution is 0.793. The van der Waals surface area contributed by atoms with Gasteiger partial charge in [0.15, 0.2) is 0 Å². The van der Waals surface area contributed by atoms with E-state index in [9.17, 15) is 0 Å².